The Bertz CT molecular complexity index is 888. The topological polar surface area (TPSA) is 80.6 Å². The van der Waals surface area contributed by atoms with Gasteiger partial charge >= 0.3 is 0 Å². The smallest absolute Gasteiger partial charge is 0.266 e. The maximum Gasteiger partial charge on any atom is 0.266 e. The number of para-hydroxylation sites is 1. The number of methoxy groups -OCH3 is 3. The van der Waals surface area contributed by atoms with Crippen molar-refractivity contribution in [3.63, 3.8) is 0 Å². The molecule has 0 spiro atoms. The Morgan fingerprint density at radius 3 is 2.35 bits per heavy atom. The predicted molar refractivity (Wildman–Crippen MR) is 99.8 cm³/mol. The molecule has 0 saturated heterocycles. The summed E-state index contributed by atoms with van der Waals surface area (Å²) in [5.41, 5.74) is 0.854. The third-order valence-electron chi connectivity index (χ3n) is 3.53. The lowest BCUT2D eigenvalue weighted by Crippen LogP contribution is -2.14. The Kier molecular flexibility index (Phi) is 6.48. The monoisotopic (exact) mass is 372 g/mol. The van der Waals surface area contributed by atoms with Crippen LogP contribution in [0.15, 0.2) is 42.0 Å². The highest BCUT2D eigenvalue weighted by molar-refractivity contribution is 6.32. The summed E-state index contributed by atoms with van der Waals surface area (Å²) >= 11 is 6.05. The highest BCUT2D eigenvalue weighted by Gasteiger charge is 2.16. The van der Waals surface area contributed by atoms with Crippen LogP contribution < -0.4 is 19.5 Å². The van der Waals surface area contributed by atoms with E-state index in [9.17, 15) is 10.1 Å². The summed E-state index contributed by atoms with van der Waals surface area (Å²) in [5.74, 6) is 0.675. The van der Waals surface area contributed by atoms with Crippen molar-refractivity contribution in [2.24, 2.45) is 0 Å². The van der Waals surface area contributed by atoms with Crippen molar-refractivity contribution in [3.8, 4) is 23.3 Å². The number of halogens is 1. The Morgan fingerprint density at radius 1 is 1.08 bits per heavy atom. The molecule has 0 fully saturated rings. The van der Waals surface area contributed by atoms with Gasteiger partial charge in [-0.05, 0) is 12.1 Å². The van der Waals surface area contributed by atoms with Gasteiger partial charge in [-0.3, -0.25) is 4.79 Å². The van der Waals surface area contributed by atoms with Gasteiger partial charge in [0.15, 0.2) is 0 Å². The molecule has 2 aromatic carbocycles. The van der Waals surface area contributed by atoms with Crippen molar-refractivity contribution in [2.75, 3.05) is 26.6 Å². The fraction of sp³-hybridized carbons (Fsp3) is 0.158. The second-order valence-electron chi connectivity index (χ2n) is 5.05. The van der Waals surface area contributed by atoms with E-state index in [1.165, 1.54) is 39.5 Å². The molecule has 0 unspecified atom stereocenters. The van der Waals surface area contributed by atoms with Crippen LogP contribution in [-0.4, -0.2) is 27.2 Å². The van der Waals surface area contributed by atoms with Gasteiger partial charge in [0.05, 0.1) is 32.0 Å². The number of ether oxygens (including phenoxy) is 3. The quantitative estimate of drug-likeness (QED) is 0.614. The summed E-state index contributed by atoms with van der Waals surface area (Å²) in [6.07, 6.45) is 1.45. The number of nitrogens with one attached hydrogen (secondary N) is 1. The number of nitriles is 1. The molecule has 0 atom stereocenters. The van der Waals surface area contributed by atoms with Crippen molar-refractivity contribution >= 4 is 29.3 Å². The number of hydrogen-bond donors (Lipinski definition) is 1. The molecule has 0 heterocycles. The number of nitrogens with zero attached hydrogens (tertiary/aromatic N) is 1. The van der Waals surface area contributed by atoms with Gasteiger partial charge in [0, 0.05) is 17.7 Å². The Labute approximate surface area is 156 Å². The van der Waals surface area contributed by atoms with Gasteiger partial charge in [0.2, 0.25) is 0 Å². The SMILES string of the molecule is COc1cc(NC(=O)/C(C#N)=C/c2ccccc2OC)c(OC)cc1Cl. The van der Waals surface area contributed by atoms with E-state index in [0.29, 0.717) is 33.5 Å². The Morgan fingerprint density at radius 2 is 1.73 bits per heavy atom. The number of anilines is 1. The summed E-state index contributed by atoms with van der Waals surface area (Å²) < 4.78 is 15.6. The van der Waals surface area contributed by atoms with Crippen LogP contribution in [0.1, 0.15) is 5.56 Å². The average molecular weight is 373 g/mol. The molecule has 134 valence electrons. The molecular formula is C19H17ClN2O4. The number of amides is 1. The average Bonchev–Trinajstić information content (AvgIpc) is 2.67. The fourth-order valence-corrected chi connectivity index (χ4v) is 2.47. The van der Waals surface area contributed by atoms with Crippen LogP contribution >= 0.6 is 11.6 Å². The van der Waals surface area contributed by atoms with Crippen molar-refractivity contribution in [1.29, 1.82) is 5.26 Å². The second-order valence-corrected chi connectivity index (χ2v) is 5.46. The van der Waals surface area contributed by atoms with Crippen molar-refractivity contribution in [1.82, 2.24) is 0 Å². The molecule has 0 aromatic heterocycles. The standard InChI is InChI=1S/C19H17ClN2O4/c1-24-16-7-5-4-6-12(16)8-13(11-21)19(23)22-15-10-17(25-2)14(20)9-18(15)26-3/h4-10H,1-3H3,(H,22,23)/b13-8+. The molecule has 0 bridgehead atoms. The first-order valence-corrected chi connectivity index (χ1v) is 7.89. The van der Waals surface area contributed by atoms with E-state index < -0.39 is 5.91 Å². The van der Waals surface area contributed by atoms with E-state index in [0.717, 1.165) is 0 Å². The molecule has 2 aromatic rings. The zero-order valence-corrected chi connectivity index (χ0v) is 15.3. The van der Waals surface area contributed by atoms with Crippen molar-refractivity contribution < 1.29 is 19.0 Å². The zero-order valence-electron chi connectivity index (χ0n) is 14.5. The highest BCUT2D eigenvalue weighted by atomic mass is 35.5. The first-order chi connectivity index (χ1) is 12.5. The predicted octanol–water partition coefficient (Wildman–Crippen LogP) is 3.91. The summed E-state index contributed by atoms with van der Waals surface area (Å²) in [5, 5.41) is 12.4. The molecule has 1 N–H and O–H groups in total. The van der Waals surface area contributed by atoms with Gasteiger partial charge < -0.3 is 19.5 Å². The summed E-state index contributed by atoms with van der Waals surface area (Å²) in [6, 6.07) is 12.0. The minimum atomic E-state index is -0.596. The Balaban J connectivity index is 2.36. The number of carbonyl (C=O) groups excluding carboxylic acids is 1. The third kappa shape index (κ3) is 4.26. The molecule has 7 heteroatoms. The van der Waals surface area contributed by atoms with Crippen LogP contribution in [0.2, 0.25) is 5.02 Å². The Hall–Kier alpha value is -3.17. The van der Waals surface area contributed by atoms with Gasteiger partial charge in [0.1, 0.15) is 28.9 Å². The molecule has 0 radical (unpaired) electrons. The van der Waals surface area contributed by atoms with E-state index in [4.69, 9.17) is 25.8 Å². The number of rotatable bonds is 6. The van der Waals surface area contributed by atoms with Gasteiger partial charge in [-0.1, -0.05) is 29.8 Å². The molecule has 0 aliphatic heterocycles. The minimum Gasteiger partial charge on any atom is -0.496 e. The minimum absolute atomic E-state index is 0.0922. The van der Waals surface area contributed by atoms with Crippen LogP contribution in [0.25, 0.3) is 6.08 Å². The maximum absolute atomic E-state index is 12.5. The molecule has 0 aliphatic carbocycles. The van der Waals surface area contributed by atoms with E-state index in [1.807, 2.05) is 6.07 Å². The maximum atomic E-state index is 12.5. The van der Waals surface area contributed by atoms with Gasteiger partial charge in [0.25, 0.3) is 5.91 Å². The van der Waals surface area contributed by atoms with E-state index in [1.54, 1.807) is 24.3 Å². The lowest BCUT2D eigenvalue weighted by Gasteiger charge is -2.13. The lowest BCUT2D eigenvalue weighted by molar-refractivity contribution is -0.112. The molecule has 0 aliphatic rings. The van der Waals surface area contributed by atoms with Crippen LogP contribution in [0.5, 0.6) is 17.2 Å². The first-order valence-electron chi connectivity index (χ1n) is 7.51. The van der Waals surface area contributed by atoms with Crippen LogP contribution in [-0.2, 0) is 4.79 Å². The summed E-state index contributed by atoms with van der Waals surface area (Å²) in [6.45, 7) is 0. The lowest BCUT2D eigenvalue weighted by atomic mass is 10.1. The molecule has 6 nitrogen and oxygen atoms in total. The molecule has 26 heavy (non-hydrogen) atoms. The van der Waals surface area contributed by atoms with E-state index in [2.05, 4.69) is 5.32 Å². The molecule has 1 amide bonds. The van der Waals surface area contributed by atoms with Crippen molar-refractivity contribution in [3.05, 3.63) is 52.6 Å². The zero-order chi connectivity index (χ0) is 19.1. The van der Waals surface area contributed by atoms with Crippen LogP contribution in [0.4, 0.5) is 5.69 Å². The van der Waals surface area contributed by atoms with Gasteiger partial charge in [-0.15, -0.1) is 0 Å². The summed E-state index contributed by atoms with van der Waals surface area (Å²) in [4.78, 5) is 12.5. The number of hydrogen-bond acceptors (Lipinski definition) is 5. The number of benzene rings is 2. The van der Waals surface area contributed by atoms with Gasteiger partial charge in [-0.2, -0.15) is 5.26 Å². The van der Waals surface area contributed by atoms with E-state index in [-0.39, 0.29) is 5.57 Å². The van der Waals surface area contributed by atoms with Crippen molar-refractivity contribution in [2.45, 2.75) is 0 Å². The third-order valence-corrected chi connectivity index (χ3v) is 3.82. The van der Waals surface area contributed by atoms with E-state index >= 15 is 0 Å². The highest BCUT2D eigenvalue weighted by Crippen LogP contribution is 2.36. The normalized spacial score (nSPS) is 10.7. The molecular weight excluding hydrogens is 356 g/mol. The molecule has 2 rings (SSSR count). The summed E-state index contributed by atoms with van der Waals surface area (Å²) in [7, 11) is 4.43. The first kappa shape index (κ1) is 19.2. The van der Waals surface area contributed by atoms with Gasteiger partial charge in [-0.25, -0.2) is 0 Å². The van der Waals surface area contributed by atoms with Crippen LogP contribution in [0.3, 0.4) is 0 Å². The molecule has 0 saturated carbocycles. The number of carbonyl (C=O) groups is 1. The fourth-order valence-electron chi connectivity index (χ4n) is 2.24. The second kappa shape index (κ2) is 8.79. The van der Waals surface area contributed by atoms with Crippen LogP contribution in [0, 0.1) is 11.3 Å². The largest absolute Gasteiger partial charge is 0.496 e.